The summed E-state index contributed by atoms with van der Waals surface area (Å²) in [6, 6.07) is 0. The van der Waals surface area contributed by atoms with Crippen LogP contribution in [0.2, 0.25) is 0 Å². The summed E-state index contributed by atoms with van der Waals surface area (Å²) < 4.78 is 121. The Morgan fingerprint density at radius 1 is 1.15 bits per heavy atom. The van der Waals surface area contributed by atoms with Crippen molar-refractivity contribution in [3.8, 4) is 0 Å². The number of esters is 2. The minimum atomic E-state index is -6.53. The summed E-state index contributed by atoms with van der Waals surface area (Å²) in [7, 11) is -6.53. The lowest BCUT2D eigenvalue weighted by Gasteiger charge is -2.33. The maximum absolute atomic E-state index is 13.3. The van der Waals surface area contributed by atoms with Crippen LogP contribution < -0.4 is 0 Å². The van der Waals surface area contributed by atoms with Crippen molar-refractivity contribution in [2.75, 3.05) is 13.2 Å². The van der Waals surface area contributed by atoms with Crippen molar-refractivity contribution >= 4 is 22.1 Å². The van der Waals surface area contributed by atoms with Gasteiger partial charge in [0.25, 0.3) is 0 Å². The van der Waals surface area contributed by atoms with Gasteiger partial charge in [0.05, 0.1) is 6.61 Å². The summed E-state index contributed by atoms with van der Waals surface area (Å²) in [6.07, 6.45) is -6.14. The first-order valence-corrected chi connectivity index (χ1v) is 8.07. The molecule has 0 saturated heterocycles. The lowest BCUT2D eigenvalue weighted by Crippen LogP contribution is -2.59. The summed E-state index contributed by atoms with van der Waals surface area (Å²) in [5, 5.41) is -5.46. The van der Waals surface area contributed by atoms with E-state index in [4.69, 9.17) is 0 Å². The number of carbonyl (C=O) groups excluding carboxylic acids is 2. The second kappa shape index (κ2) is 8.43. The number of hydrogen-bond acceptors (Lipinski definition) is 8. The molecule has 0 radical (unpaired) electrons. The van der Waals surface area contributed by atoms with Gasteiger partial charge in [-0.25, -0.2) is 18.0 Å². The van der Waals surface area contributed by atoms with Crippen LogP contribution >= 0.6 is 0 Å². The zero-order valence-corrected chi connectivity index (χ0v) is 14.5. The smallest absolute Gasteiger partial charge is 0.468 e. The minimum Gasteiger partial charge on any atom is -0.743 e. The van der Waals surface area contributed by atoms with Gasteiger partial charge in [-0.2, -0.15) is 26.3 Å². The number of halogens is 6. The van der Waals surface area contributed by atoms with Crippen LogP contribution in [-0.2, 0) is 33.9 Å². The first kappa shape index (κ1) is 25.1. The van der Waals surface area contributed by atoms with Gasteiger partial charge in [0.1, 0.15) is 6.61 Å². The monoisotopic (exact) mass is 431 g/mol. The third kappa shape index (κ3) is 6.35. The number of carbonyl (C=O) groups is 2. The maximum Gasteiger partial charge on any atom is 0.468 e. The predicted octanol–water partition coefficient (Wildman–Crippen LogP) is 1.63. The molecule has 0 aromatic rings. The molecule has 0 bridgehead atoms. The molecule has 158 valence electrons. The Kier molecular flexibility index (Phi) is 7.85. The normalized spacial score (nSPS) is 15.2. The molecular weight excluding hydrogens is 418 g/mol. The molecule has 0 aliphatic rings. The van der Waals surface area contributed by atoms with Gasteiger partial charge in [-0.05, 0) is 5.92 Å². The Morgan fingerprint density at radius 2 is 1.63 bits per heavy atom. The molecule has 0 spiro atoms. The number of hydrogen-bond donors (Lipinski definition) is 0. The summed E-state index contributed by atoms with van der Waals surface area (Å²) in [6.45, 7) is 1.40. The third-order valence-electron chi connectivity index (χ3n) is 2.46. The Labute approximate surface area is 148 Å². The number of rotatable bonds is 9. The van der Waals surface area contributed by atoms with E-state index in [2.05, 4.69) is 20.8 Å². The zero-order chi connectivity index (χ0) is 21.8. The lowest BCUT2D eigenvalue weighted by molar-refractivity contribution is -0.360. The zero-order valence-electron chi connectivity index (χ0n) is 13.6. The van der Waals surface area contributed by atoms with Gasteiger partial charge in [-0.3, -0.25) is 0 Å². The summed E-state index contributed by atoms with van der Waals surface area (Å²) in [5.41, 5.74) is 0. The average molecular weight is 431 g/mol. The molecule has 0 saturated carbocycles. The van der Waals surface area contributed by atoms with Crippen molar-refractivity contribution in [3.05, 3.63) is 12.4 Å². The number of ether oxygens (including phenoxy) is 3. The van der Waals surface area contributed by atoms with E-state index in [1.54, 1.807) is 0 Å². The van der Waals surface area contributed by atoms with Crippen molar-refractivity contribution in [2.45, 2.75) is 31.1 Å². The van der Waals surface area contributed by atoms with Gasteiger partial charge in [0.2, 0.25) is 5.83 Å². The molecule has 0 fully saturated rings. The molecule has 8 nitrogen and oxygen atoms in total. The van der Waals surface area contributed by atoms with Crippen molar-refractivity contribution in [1.82, 2.24) is 0 Å². The van der Waals surface area contributed by atoms with Crippen LogP contribution in [0.15, 0.2) is 12.4 Å². The molecule has 0 rings (SSSR count). The average Bonchev–Trinajstić information content (AvgIpc) is 2.46. The molecule has 0 aliphatic carbocycles. The molecule has 0 aliphatic heterocycles. The van der Waals surface area contributed by atoms with Crippen LogP contribution in [0.5, 0.6) is 0 Å². The number of alkyl halides is 5. The van der Waals surface area contributed by atoms with Crippen LogP contribution in [0.3, 0.4) is 0 Å². The molecule has 0 N–H and O–H groups in total. The van der Waals surface area contributed by atoms with E-state index >= 15 is 0 Å². The fraction of sp³-hybridized carbons (Fsp3) is 0.667. The Bertz CT molecular complexity index is 686. The third-order valence-corrected chi connectivity index (χ3v) is 3.31. The second-order valence-corrected chi connectivity index (χ2v) is 6.79. The summed E-state index contributed by atoms with van der Waals surface area (Å²) in [4.78, 5) is 22.9. The molecule has 15 heteroatoms. The largest absolute Gasteiger partial charge is 0.743 e. The van der Waals surface area contributed by atoms with E-state index < -0.39 is 64.2 Å². The lowest BCUT2D eigenvalue weighted by atomic mass is 10.2. The van der Waals surface area contributed by atoms with Gasteiger partial charge in [0, 0.05) is 0 Å². The van der Waals surface area contributed by atoms with Gasteiger partial charge in [0.15, 0.2) is 10.1 Å². The summed E-state index contributed by atoms with van der Waals surface area (Å²) in [5.74, 6) is -12.9. The molecule has 0 amide bonds. The molecule has 0 aromatic heterocycles. The SMILES string of the molecule is C=C(F)C(=O)OC(OCC(F)(F)S(=O)(=O)[O-])(C(=O)OCC(C)C)C(F)(F)F. The fourth-order valence-corrected chi connectivity index (χ4v) is 1.37. The molecular formula is C12H13F6O8S-. The van der Waals surface area contributed by atoms with Crippen LogP contribution in [0.1, 0.15) is 13.8 Å². The van der Waals surface area contributed by atoms with E-state index in [1.165, 1.54) is 13.8 Å². The molecule has 1 unspecified atom stereocenters. The predicted molar refractivity (Wildman–Crippen MR) is 71.5 cm³/mol. The first-order valence-electron chi connectivity index (χ1n) is 6.66. The van der Waals surface area contributed by atoms with Crippen LogP contribution in [-0.4, -0.2) is 55.3 Å². The Balaban J connectivity index is 6.10. The fourth-order valence-electron chi connectivity index (χ4n) is 1.17. The quantitative estimate of drug-likeness (QED) is 0.178. The topological polar surface area (TPSA) is 119 Å². The minimum absolute atomic E-state index is 0.588. The highest BCUT2D eigenvalue weighted by Crippen LogP contribution is 2.38. The van der Waals surface area contributed by atoms with Gasteiger partial charge in [-0.15, -0.1) is 0 Å². The summed E-state index contributed by atoms with van der Waals surface area (Å²) >= 11 is 0. The maximum atomic E-state index is 13.3. The van der Waals surface area contributed by atoms with Crippen LogP contribution in [0, 0.1) is 5.92 Å². The highest BCUT2D eigenvalue weighted by atomic mass is 32.2. The molecule has 0 aromatic carbocycles. The second-order valence-electron chi connectivity index (χ2n) is 5.28. The molecule has 27 heavy (non-hydrogen) atoms. The van der Waals surface area contributed by atoms with Crippen molar-refractivity contribution in [3.63, 3.8) is 0 Å². The van der Waals surface area contributed by atoms with Gasteiger partial charge in [-0.1, -0.05) is 20.4 Å². The van der Waals surface area contributed by atoms with Crippen LogP contribution in [0.25, 0.3) is 0 Å². The van der Waals surface area contributed by atoms with E-state index in [0.717, 1.165) is 0 Å². The van der Waals surface area contributed by atoms with E-state index in [1.807, 2.05) is 0 Å². The van der Waals surface area contributed by atoms with E-state index in [9.17, 15) is 48.9 Å². The van der Waals surface area contributed by atoms with E-state index in [-0.39, 0.29) is 0 Å². The molecule has 1 atom stereocenters. The van der Waals surface area contributed by atoms with Crippen molar-refractivity contribution < 1.29 is 63.1 Å². The van der Waals surface area contributed by atoms with Gasteiger partial charge < -0.3 is 18.8 Å². The molecule has 0 heterocycles. The Morgan fingerprint density at radius 3 is 1.96 bits per heavy atom. The van der Waals surface area contributed by atoms with Crippen LogP contribution in [0.4, 0.5) is 26.3 Å². The highest BCUT2D eigenvalue weighted by molar-refractivity contribution is 7.86. The standard InChI is InChI=1S/C12H14F6O8S/c1-6(2)4-24-9(20)11(12(16,17)18,26-8(19)7(3)13)25-5-10(14,15)27(21,22)23/h6H,3-5H2,1-2H3,(H,21,22,23)/p-1. The highest BCUT2D eigenvalue weighted by Gasteiger charge is 2.69. The Hall–Kier alpha value is -1.87. The van der Waals surface area contributed by atoms with Gasteiger partial charge >= 0.3 is 29.2 Å². The van der Waals surface area contributed by atoms with Crippen molar-refractivity contribution in [2.24, 2.45) is 5.92 Å². The van der Waals surface area contributed by atoms with Crippen molar-refractivity contribution in [1.29, 1.82) is 0 Å². The van der Waals surface area contributed by atoms with E-state index in [0.29, 0.717) is 0 Å². The first-order chi connectivity index (χ1) is 11.9.